The first-order valence-corrected chi connectivity index (χ1v) is 6.31. The van der Waals surface area contributed by atoms with Crippen LogP contribution < -0.4 is 0 Å². The Bertz CT molecular complexity index is 945. The maximum Gasteiger partial charge on any atom is 0.340 e. The summed E-state index contributed by atoms with van der Waals surface area (Å²) in [5.41, 5.74) is -0.640. The molecule has 2 N–H and O–H groups in total. The number of benzene rings is 2. The predicted molar refractivity (Wildman–Crippen MR) is 76.9 cm³/mol. The number of aromatic carboxylic acids is 1. The molecule has 0 fully saturated rings. The number of fused-ring (bicyclic) bond motifs is 1. The first-order valence-electron chi connectivity index (χ1n) is 6.31. The Morgan fingerprint density at radius 3 is 2.43 bits per heavy atom. The van der Waals surface area contributed by atoms with Crippen molar-refractivity contribution in [2.75, 3.05) is 0 Å². The van der Waals surface area contributed by atoms with Gasteiger partial charge in [-0.1, -0.05) is 0 Å². The summed E-state index contributed by atoms with van der Waals surface area (Å²) in [4.78, 5) is 21.6. The zero-order valence-electron chi connectivity index (χ0n) is 11.3. The van der Waals surface area contributed by atoms with Gasteiger partial charge in [0.1, 0.15) is 22.7 Å². The number of nitro benzene ring substituents is 1. The quantitative estimate of drug-likeness (QED) is 0.564. The smallest absolute Gasteiger partial charge is 0.340 e. The maximum atomic E-state index is 13.0. The summed E-state index contributed by atoms with van der Waals surface area (Å²) in [6.07, 6.45) is 0. The fraction of sp³-hybridized carbons (Fsp3) is 0. The second kappa shape index (κ2) is 5.09. The van der Waals surface area contributed by atoms with Crippen LogP contribution in [0.1, 0.15) is 10.4 Å². The van der Waals surface area contributed by atoms with Crippen LogP contribution in [0.4, 0.5) is 10.1 Å². The molecule has 0 aliphatic heterocycles. The highest BCUT2D eigenvalue weighted by molar-refractivity contribution is 6.08. The van der Waals surface area contributed by atoms with Gasteiger partial charge in [-0.2, -0.15) is 0 Å². The Kier molecular flexibility index (Phi) is 3.21. The molecule has 116 valence electrons. The molecule has 0 radical (unpaired) electrons. The van der Waals surface area contributed by atoms with Gasteiger partial charge >= 0.3 is 11.7 Å². The third kappa shape index (κ3) is 2.35. The van der Waals surface area contributed by atoms with E-state index < -0.39 is 28.1 Å². The molecule has 1 heterocycles. The van der Waals surface area contributed by atoms with Crippen molar-refractivity contribution in [3.8, 4) is 17.1 Å². The van der Waals surface area contributed by atoms with Crippen molar-refractivity contribution < 1.29 is 28.7 Å². The Hall–Kier alpha value is -3.42. The van der Waals surface area contributed by atoms with Gasteiger partial charge in [0.2, 0.25) is 0 Å². The number of nitrogens with zero attached hydrogens (tertiary/aromatic N) is 1. The molecule has 23 heavy (non-hydrogen) atoms. The number of phenolic OH excluding ortho intramolecular Hbond substituents is 1. The van der Waals surface area contributed by atoms with Crippen LogP contribution in [0, 0.1) is 15.9 Å². The average molecular weight is 317 g/mol. The standard InChI is InChI=1S/C15H8FNO6/c16-8-3-1-7(2-4-8)14-13(15(19)20)9-5-11(18)10(17(21)22)6-12(9)23-14/h1-6,18H,(H,19,20). The summed E-state index contributed by atoms with van der Waals surface area (Å²) in [5, 5.41) is 29.9. The van der Waals surface area contributed by atoms with Crippen molar-refractivity contribution in [3.05, 3.63) is 57.9 Å². The monoisotopic (exact) mass is 317 g/mol. The minimum atomic E-state index is -1.34. The molecule has 0 atom stereocenters. The van der Waals surface area contributed by atoms with Crippen LogP contribution in [0.3, 0.4) is 0 Å². The zero-order chi connectivity index (χ0) is 16.7. The number of carboxylic acid groups (broad SMARTS) is 1. The van der Waals surface area contributed by atoms with Crippen LogP contribution >= 0.6 is 0 Å². The van der Waals surface area contributed by atoms with Gasteiger partial charge in [0.15, 0.2) is 5.75 Å². The van der Waals surface area contributed by atoms with Gasteiger partial charge in [0, 0.05) is 10.9 Å². The third-order valence-corrected chi connectivity index (χ3v) is 3.30. The molecule has 0 aliphatic rings. The Labute approximate surface area is 127 Å². The van der Waals surface area contributed by atoms with E-state index in [1.165, 1.54) is 12.1 Å². The van der Waals surface area contributed by atoms with E-state index in [4.69, 9.17) is 4.42 Å². The van der Waals surface area contributed by atoms with Crippen LogP contribution in [-0.4, -0.2) is 21.1 Å². The molecule has 0 spiro atoms. The fourth-order valence-corrected chi connectivity index (χ4v) is 2.28. The van der Waals surface area contributed by atoms with Crippen LogP contribution in [0.5, 0.6) is 5.75 Å². The van der Waals surface area contributed by atoms with Crippen molar-refractivity contribution in [1.82, 2.24) is 0 Å². The minimum absolute atomic E-state index is 0.0138. The van der Waals surface area contributed by atoms with Gasteiger partial charge in [0.25, 0.3) is 0 Å². The number of carboxylic acids is 1. The van der Waals surface area contributed by atoms with E-state index in [9.17, 15) is 29.5 Å². The molecule has 1 aromatic heterocycles. The molecule has 0 amide bonds. The molecular formula is C15H8FNO6. The number of hydrogen-bond acceptors (Lipinski definition) is 5. The number of phenols is 1. The van der Waals surface area contributed by atoms with Gasteiger partial charge in [0.05, 0.1) is 11.0 Å². The first-order chi connectivity index (χ1) is 10.9. The van der Waals surface area contributed by atoms with Crippen molar-refractivity contribution in [3.63, 3.8) is 0 Å². The van der Waals surface area contributed by atoms with Crippen molar-refractivity contribution in [2.24, 2.45) is 0 Å². The average Bonchev–Trinajstić information content (AvgIpc) is 2.85. The lowest BCUT2D eigenvalue weighted by Gasteiger charge is -1.99. The van der Waals surface area contributed by atoms with E-state index in [0.29, 0.717) is 5.56 Å². The number of furan rings is 1. The molecular weight excluding hydrogens is 309 g/mol. The highest BCUT2D eigenvalue weighted by Gasteiger charge is 2.25. The van der Waals surface area contributed by atoms with E-state index in [1.807, 2.05) is 0 Å². The SMILES string of the molecule is O=C(O)c1c(-c2ccc(F)cc2)oc2cc([N+](=O)[O-])c(O)cc12. The van der Waals surface area contributed by atoms with Gasteiger partial charge in [-0.05, 0) is 30.3 Å². The largest absolute Gasteiger partial charge is 0.502 e. The van der Waals surface area contributed by atoms with E-state index in [-0.39, 0.29) is 22.3 Å². The molecule has 0 bridgehead atoms. The molecule has 3 aromatic rings. The summed E-state index contributed by atoms with van der Waals surface area (Å²) in [5.74, 6) is -2.59. The van der Waals surface area contributed by atoms with Gasteiger partial charge in [-0.3, -0.25) is 10.1 Å². The lowest BCUT2D eigenvalue weighted by molar-refractivity contribution is -0.385. The lowest BCUT2D eigenvalue weighted by Crippen LogP contribution is -1.97. The number of halogens is 1. The molecule has 3 rings (SSSR count). The number of hydrogen-bond donors (Lipinski definition) is 2. The van der Waals surface area contributed by atoms with Crippen molar-refractivity contribution >= 4 is 22.6 Å². The molecule has 0 saturated heterocycles. The molecule has 0 saturated carbocycles. The van der Waals surface area contributed by atoms with Crippen molar-refractivity contribution in [2.45, 2.75) is 0 Å². The van der Waals surface area contributed by atoms with E-state index in [0.717, 1.165) is 24.3 Å². The van der Waals surface area contributed by atoms with Crippen LogP contribution in [0.15, 0.2) is 40.8 Å². The van der Waals surface area contributed by atoms with Gasteiger partial charge in [-0.15, -0.1) is 0 Å². The highest BCUT2D eigenvalue weighted by Crippen LogP contribution is 2.39. The first kappa shape index (κ1) is 14.5. The molecule has 0 aliphatic carbocycles. The number of rotatable bonds is 3. The van der Waals surface area contributed by atoms with Crippen LogP contribution in [-0.2, 0) is 0 Å². The summed E-state index contributed by atoms with van der Waals surface area (Å²) in [6.45, 7) is 0. The molecule has 0 unspecified atom stereocenters. The molecule has 7 nitrogen and oxygen atoms in total. The van der Waals surface area contributed by atoms with E-state index >= 15 is 0 Å². The second-order valence-corrected chi connectivity index (χ2v) is 4.71. The van der Waals surface area contributed by atoms with Crippen LogP contribution in [0.25, 0.3) is 22.3 Å². The highest BCUT2D eigenvalue weighted by atomic mass is 19.1. The number of carbonyl (C=O) groups is 1. The van der Waals surface area contributed by atoms with Crippen LogP contribution in [0.2, 0.25) is 0 Å². The Morgan fingerprint density at radius 2 is 1.87 bits per heavy atom. The fourth-order valence-electron chi connectivity index (χ4n) is 2.28. The summed E-state index contributed by atoms with van der Waals surface area (Å²) >= 11 is 0. The number of aromatic hydroxyl groups is 1. The summed E-state index contributed by atoms with van der Waals surface area (Å²) < 4.78 is 18.4. The van der Waals surface area contributed by atoms with Crippen molar-refractivity contribution in [1.29, 1.82) is 0 Å². The van der Waals surface area contributed by atoms with E-state index in [2.05, 4.69) is 0 Å². The second-order valence-electron chi connectivity index (χ2n) is 4.71. The lowest BCUT2D eigenvalue weighted by atomic mass is 10.1. The maximum absolute atomic E-state index is 13.0. The summed E-state index contributed by atoms with van der Waals surface area (Å²) in [7, 11) is 0. The third-order valence-electron chi connectivity index (χ3n) is 3.30. The zero-order valence-corrected chi connectivity index (χ0v) is 11.3. The van der Waals surface area contributed by atoms with Gasteiger partial charge in [-0.25, -0.2) is 9.18 Å². The normalized spacial score (nSPS) is 10.8. The predicted octanol–water partition coefficient (Wildman–Crippen LogP) is 3.55. The van der Waals surface area contributed by atoms with E-state index in [1.54, 1.807) is 0 Å². The topological polar surface area (TPSA) is 114 Å². The summed E-state index contributed by atoms with van der Waals surface area (Å²) in [6, 6.07) is 6.83. The molecule has 8 heteroatoms. The minimum Gasteiger partial charge on any atom is -0.502 e. The Balaban J connectivity index is 2.33. The Morgan fingerprint density at radius 1 is 1.22 bits per heavy atom. The van der Waals surface area contributed by atoms with Gasteiger partial charge < -0.3 is 14.6 Å². The number of nitro groups is 1. The molecule has 2 aromatic carbocycles.